The van der Waals surface area contributed by atoms with Crippen LogP contribution in [0.1, 0.15) is 17.9 Å². The van der Waals surface area contributed by atoms with Gasteiger partial charge < -0.3 is 10.2 Å². The summed E-state index contributed by atoms with van der Waals surface area (Å²) < 4.78 is 13.3. The van der Waals surface area contributed by atoms with Crippen LogP contribution in [-0.2, 0) is 4.79 Å². The zero-order valence-corrected chi connectivity index (χ0v) is 11.8. The lowest BCUT2D eigenvalue weighted by Crippen LogP contribution is -2.34. The van der Waals surface area contributed by atoms with Gasteiger partial charge in [-0.1, -0.05) is 24.3 Å². The van der Waals surface area contributed by atoms with Crippen molar-refractivity contribution < 1.29 is 9.18 Å². The zero-order chi connectivity index (χ0) is 14.8. The number of anilines is 2. The van der Waals surface area contributed by atoms with Crippen LogP contribution in [-0.4, -0.2) is 19.5 Å². The Hall–Kier alpha value is -2.36. The number of para-hydroxylation sites is 1. The second-order valence-electron chi connectivity index (χ2n) is 5.23. The van der Waals surface area contributed by atoms with Crippen LogP contribution in [0.25, 0.3) is 0 Å². The largest absolute Gasteiger partial charge is 0.385 e. The first-order valence-electron chi connectivity index (χ1n) is 7.03. The van der Waals surface area contributed by atoms with Crippen LogP contribution in [0.15, 0.2) is 48.5 Å². The summed E-state index contributed by atoms with van der Waals surface area (Å²) in [6.07, 6.45) is 0.746. The quantitative estimate of drug-likeness (QED) is 0.917. The van der Waals surface area contributed by atoms with E-state index in [9.17, 15) is 9.18 Å². The number of carbonyl (C=O) groups is 1. The normalized spacial score (nSPS) is 16.8. The first-order chi connectivity index (χ1) is 10.2. The molecule has 2 aromatic carbocycles. The number of hydrogen-bond donors (Lipinski definition) is 1. The third-order valence-corrected chi connectivity index (χ3v) is 3.91. The Morgan fingerprint density at radius 1 is 1.24 bits per heavy atom. The molecule has 0 saturated heterocycles. The minimum Gasteiger partial charge on any atom is -0.385 e. The number of amides is 1. The average Bonchev–Trinajstić information content (AvgIpc) is 2.53. The molecule has 1 unspecified atom stereocenters. The van der Waals surface area contributed by atoms with Crippen molar-refractivity contribution >= 4 is 17.3 Å². The van der Waals surface area contributed by atoms with Crippen molar-refractivity contribution in [3.8, 4) is 0 Å². The predicted molar refractivity (Wildman–Crippen MR) is 82.1 cm³/mol. The van der Waals surface area contributed by atoms with Crippen LogP contribution < -0.4 is 10.2 Å². The number of halogens is 1. The van der Waals surface area contributed by atoms with Crippen molar-refractivity contribution in [1.29, 1.82) is 0 Å². The van der Waals surface area contributed by atoms with Gasteiger partial charge in [0.2, 0.25) is 5.91 Å². The van der Waals surface area contributed by atoms with E-state index in [0.29, 0.717) is 5.69 Å². The first-order valence-corrected chi connectivity index (χ1v) is 7.03. The SMILES string of the molecule is CN(C(=O)C1CCNc2ccccc21)c1cccc(F)c1. The first kappa shape index (κ1) is 13.6. The standard InChI is InChI=1S/C17H17FN2O/c1-20(13-6-4-5-12(18)11-13)17(21)15-9-10-19-16-8-3-2-7-14(15)16/h2-8,11,15,19H,9-10H2,1H3. The number of likely N-dealkylation sites (N-methyl/N-ethyl adjacent to an activating group) is 1. The molecule has 0 fully saturated rings. The van der Waals surface area contributed by atoms with E-state index < -0.39 is 0 Å². The Morgan fingerprint density at radius 3 is 2.86 bits per heavy atom. The van der Waals surface area contributed by atoms with E-state index in [-0.39, 0.29) is 17.6 Å². The highest BCUT2D eigenvalue weighted by Gasteiger charge is 2.29. The van der Waals surface area contributed by atoms with Gasteiger partial charge in [0.15, 0.2) is 0 Å². The van der Waals surface area contributed by atoms with Gasteiger partial charge in [0, 0.05) is 25.0 Å². The molecule has 0 aliphatic carbocycles. The third kappa shape index (κ3) is 2.61. The molecule has 108 valence electrons. The maximum atomic E-state index is 13.3. The highest BCUT2D eigenvalue weighted by Crippen LogP contribution is 2.33. The van der Waals surface area contributed by atoms with E-state index >= 15 is 0 Å². The number of fused-ring (bicyclic) bond motifs is 1. The molecule has 0 radical (unpaired) electrons. The van der Waals surface area contributed by atoms with Crippen LogP contribution in [0.5, 0.6) is 0 Å². The van der Waals surface area contributed by atoms with Gasteiger partial charge in [0.1, 0.15) is 5.82 Å². The van der Waals surface area contributed by atoms with E-state index in [4.69, 9.17) is 0 Å². The lowest BCUT2D eigenvalue weighted by Gasteiger charge is -2.29. The minimum absolute atomic E-state index is 0.00505. The van der Waals surface area contributed by atoms with Crippen LogP contribution in [0.2, 0.25) is 0 Å². The molecule has 21 heavy (non-hydrogen) atoms. The Labute approximate surface area is 123 Å². The summed E-state index contributed by atoms with van der Waals surface area (Å²) in [5, 5.41) is 3.30. The smallest absolute Gasteiger partial charge is 0.234 e. The van der Waals surface area contributed by atoms with Gasteiger partial charge in [-0.15, -0.1) is 0 Å². The predicted octanol–water partition coefficient (Wildman–Crippen LogP) is 3.39. The van der Waals surface area contributed by atoms with Crippen molar-refractivity contribution in [1.82, 2.24) is 0 Å². The topological polar surface area (TPSA) is 32.3 Å². The molecule has 1 aliphatic heterocycles. The van der Waals surface area contributed by atoms with Gasteiger partial charge in [-0.05, 0) is 36.2 Å². The molecule has 1 N–H and O–H groups in total. The maximum absolute atomic E-state index is 13.3. The summed E-state index contributed by atoms with van der Waals surface area (Å²) in [4.78, 5) is 14.3. The van der Waals surface area contributed by atoms with Crippen LogP contribution in [0.4, 0.5) is 15.8 Å². The Bertz CT molecular complexity index is 671. The number of carbonyl (C=O) groups excluding carboxylic acids is 1. The molecule has 0 aromatic heterocycles. The van der Waals surface area contributed by atoms with Gasteiger partial charge in [-0.2, -0.15) is 0 Å². The molecular weight excluding hydrogens is 267 g/mol. The molecule has 0 bridgehead atoms. The Morgan fingerprint density at radius 2 is 2.05 bits per heavy atom. The number of nitrogens with zero attached hydrogens (tertiary/aromatic N) is 1. The van der Waals surface area contributed by atoms with Gasteiger partial charge >= 0.3 is 0 Å². The summed E-state index contributed by atoms with van der Waals surface area (Å²) in [6.45, 7) is 0.768. The number of rotatable bonds is 2. The van der Waals surface area contributed by atoms with Crippen LogP contribution >= 0.6 is 0 Å². The van der Waals surface area contributed by atoms with Crippen molar-refractivity contribution in [2.75, 3.05) is 23.8 Å². The molecule has 3 rings (SSSR count). The molecule has 1 atom stereocenters. The van der Waals surface area contributed by atoms with Gasteiger partial charge in [0.05, 0.1) is 5.92 Å². The third-order valence-electron chi connectivity index (χ3n) is 3.91. The fourth-order valence-corrected chi connectivity index (χ4v) is 2.77. The van der Waals surface area contributed by atoms with Gasteiger partial charge in [-0.3, -0.25) is 4.79 Å². The van der Waals surface area contributed by atoms with E-state index in [2.05, 4.69) is 5.32 Å². The number of hydrogen-bond acceptors (Lipinski definition) is 2. The molecule has 1 aliphatic rings. The molecule has 4 heteroatoms. The zero-order valence-electron chi connectivity index (χ0n) is 11.8. The van der Waals surface area contributed by atoms with E-state index in [1.165, 1.54) is 17.0 Å². The summed E-state index contributed by atoms with van der Waals surface area (Å²) in [5.74, 6) is -0.525. The number of nitrogens with one attached hydrogen (secondary N) is 1. The summed E-state index contributed by atoms with van der Waals surface area (Å²) >= 11 is 0. The molecule has 0 spiro atoms. The second kappa shape index (κ2) is 5.56. The summed E-state index contributed by atoms with van der Waals surface area (Å²) in [5.41, 5.74) is 2.60. The van der Waals surface area contributed by atoms with Crippen LogP contribution in [0.3, 0.4) is 0 Å². The summed E-state index contributed by atoms with van der Waals surface area (Å²) in [7, 11) is 1.70. The Balaban J connectivity index is 1.89. The van der Waals surface area contributed by atoms with E-state index in [0.717, 1.165) is 24.2 Å². The lowest BCUT2D eigenvalue weighted by atomic mass is 9.90. The molecule has 0 saturated carbocycles. The highest BCUT2D eigenvalue weighted by atomic mass is 19.1. The van der Waals surface area contributed by atoms with Gasteiger partial charge in [-0.25, -0.2) is 4.39 Å². The summed E-state index contributed by atoms with van der Waals surface area (Å²) in [6, 6.07) is 14.0. The second-order valence-corrected chi connectivity index (χ2v) is 5.23. The van der Waals surface area contributed by atoms with Gasteiger partial charge in [0.25, 0.3) is 0 Å². The monoisotopic (exact) mass is 284 g/mol. The molecule has 3 nitrogen and oxygen atoms in total. The molecule has 2 aromatic rings. The fraction of sp³-hybridized carbons (Fsp3) is 0.235. The van der Waals surface area contributed by atoms with Crippen molar-refractivity contribution in [3.63, 3.8) is 0 Å². The lowest BCUT2D eigenvalue weighted by molar-refractivity contribution is -0.119. The average molecular weight is 284 g/mol. The van der Waals surface area contributed by atoms with Crippen LogP contribution in [0, 0.1) is 5.82 Å². The molecule has 1 amide bonds. The maximum Gasteiger partial charge on any atom is 0.234 e. The minimum atomic E-state index is -0.335. The van der Waals surface area contributed by atoms with E-state index in [1.807, 2.05) is 24.3 Å². The van der Waals surface area contributed by atoms with Crippen molar-refractivity contribution in [3.05, 3.63) is 59.9 Å². The van der Waals surface area contributed by atoms with E-state index in [1.54, 1.807) is 19.2 Å². The fourth-order valence-electron chi connectivity index (χ4n) is 2.77. The van der Waals surface area contributed by atoms with Crippen molar-refractivity contribution in [2.45, 2.75) is 12.3 Å². The molecular formula is C17H17FN2O. The molecule has 1 heterocycles. The van der Waals surface area contributed by atoms with Crippen molar-refractivity contribution in [2.24, 2.45) is 0 Å². The Kier molecular flexibility index (Phi) is 3.60. The highest BCUT2D eigenvalue weighted by molar-refractivity contribution is 5.98. The number of benzene rings is 2.